The third kappa shape index (κ3) is 3.96. The van der Waals surface area contributed by atoms with Crippen molar-refractivity contribution in [3.05, 3.63) is 72.3 Å². The minimum atomic E-state index is -1.13. The fourth-order valence-electron chi connectivity index (χ4n) is 3.65. The van der Waals surface area contributed by atoms with Crippen LogP contribution >= 0.6 is 0 Å². The lowest BCUT2D eigenvalue weighted by atomic mass is 9.98. The van der Waals surface area contributed by atoms with Gasteiger partial charge in [0, 0.05) is 12.5 Å². The number of carboxylic acids is 1. The first-order chi connectivity index (χ1) is 14.1. The highest BCUT2D eigenvalue weighted by molar-refractivity contribution is 5.81. The number of nitrogens with zero attached hydrogens (tertiary/aromatic N) is 3. The van der Waals surface area contributed by atoms with Crippen LogP contribution in [0, 0.1) is 0 Å². The molecule has 8 nitrogen and oxygen atoms in total. The Bertz CT molecular complexity index is 974. The van der Waals surface area contributed by atoms with Crippen LogP contribution in [0.5, 0.6) is 0 Å². The van der Waals surface area contributed by atoms with Gasteiger partial charge in [-0.15, -0.1) is 0 Å². The Morgan fingerprint density at radius 2 is 1.76 bits per heavy atom. The van der Waals surface area contributed by atoms with E-state index < -0.39 is 18.1 Å². The topological polar surface area (TPSA) is 106 Å². The SMILES string of the molecule is O=C(NC(CCn1cncn1)C(=O)O)OCC1c2ccccc2-c2ccccc21. The molecule has 1 atom stereocenters. The number of carboxylic acid groups (broad SMARTS) is 1. The summed E-state index contributed by atoms with van der Waals surface area (Å²) in [5.74, 6) is -1.20. The van der Waals surface area contributed by atoms with Crippen LogP contribution in [-0.2, 0) is 16.1 Å². The Kier molecular flexibility index (Phi) is 5.24. The summed E-state index contributed by atoms with van der Waals surface area (Å²) in [6.45, 7) is 0.454. The summed E-state index contributed by atoms with van der Waals surface area (Å²) in [4.78, 5) is 27.5. The molecule has 1 unspecified atom stereocenters. The van der Waals surface area contributed by atoms with E-state index in [2.05, 4.69) is 27.5 Å². The van der Waals surface area contributed by atoms with E-state index in [4.69, 9.17) is 4.74 Å². The number of nitrogens with one attached hydrogen (secondary N) is 1. The quantitative estimate of drug-likeness (QED) is 0.640. The zero-order chi connectivity index (χ0) is 20.2. The number of rotatable bonds is 7. The van der Waals surface area contributed by atoms with Crippen molar-refractivity contribution in [3.63, 3.8) is 0 Å². The smallest absolute Gasteiger partial charge is 0.407 e. The molecule has 1 amide bonds. The highest BCUT2D eigenvalue weighted by atomic mass is 16.5. The Morgan fingerprint density at radius 3 is 2.34 bits per heavy atom. The zero-order valence-electron chi connectivity index (χ0n) is 15.6. The number of carbonyl (C=O) groups excluding carboxylic acids is 1. The average molecular weight is 392 g/mol. The van der Waals surface area contributed by atoms with Gasteiger partial charge >= 0.3 is 12.1 Å². The van der Waals surface area contributed by atoms with Crippen molar-refractivity contribution in [3.8, 4) is 11.1 Å². The van der Waals surface area contributed by atoms with Crippen LogP contribution in [0.3, 0.4) is 0 Å². The van der Waals surface area contributed by atoms with Gasteiger partial charge in [-0.05, 0) is 28.7 Å². The van der Waals surface area contributed by atoms with Crippen LogP contribution in [0.25, 0.3) is 11.1 Å². The van der Waals surface area contributed by atoms with Gasteiger partial charge in [-0.3, -0.25) is 4.68 Å². The highest BCUT2D eigenvalue weighted by Gasteiger charge is 2.29. The number of fused-ring (bicyclic) bond motifs is 3. The molecule has 0 radical (unpaired) electrons. The molecule has 148 valence electrons. The van der Waals surface area contributed by atoms with Gasteiger partial charge in [0.25, 0.3) is 0 Å². The van der Waals surface area contributed by atoms with E-state index >= 15 is 0 Å². The molecule has 2 N–H and O–H groups in total. The van der Waals surface area contributed by atoms with Crippen LogP contribution in [0.1, 0.15) is 23.5 Å². The second-order valence-corrected chi connectivity index (χ2v) is 6.81. The largest absolute Gasteiger partial charge is 0.480 e. The number of alkyl carbamates (subject to hydrolysis) is 1. The molecule has 0 saturated heterocycles. The van der Waals surface area contributed by atoms with Gasteiger partial charge in [0.2, 0.25) is 0 Å². The van der Waals surface area contributed by atoms with Crippen molar-refractivity contribution in [1.82, 2.24) is 20.1 Å². The molecule has 1 heterocycles. The van der Waals surface area contributed by atoms with E-state index in [-0.39, 0.29) is 18.9 Å². The van der Waals surface area contributed by atoms with Crippen LogP contribution in [0.4, 0.5) is 4.79 Å². The maximum atomic E-state index is 12.3. The van der Waals surface area contributed by atoms with Crippen LogP contribution < -0.4 is 5.32 Å². The minimum absolute atomic E-state index is 0.0772. The zero-order valence-corrected chi connectivity index (χ0v) is 15.6. The van der Waals surface area contributed by atoms with Gasteiger partial charge in [-0.25, -0.2) is 14.6 Å². The molecule has 3 aromatic rings. The number of aromatic nitrogens is 3. The van der Waals surface area contributed by atoms with Crippen molar-refractivity contribution in [2.24, 2.45) is 0 Å². The van der Waals surface area contributed by atoms with E-state index in [1.54, 1.807) is 0 Å². The molecule has 1 aromatic heterocycles. The normalized spacial score (nSPS) is 13.4. The molecule has 1 aliphatic rings. The van der Waals surface area contributed by atoms with Crippen molar-refractivity contribution in [2.75, 3.05) is 6.61 Å². The predicted molar refractivity (Wildman–Crippen MR) is 104 cm³/mol. The fraction of sp³-hybridized carbons (Fsp3) is 0.238. The van der Waals surface area contributed by atoms with Crippen LogP contribution in [-0.4, -0.2) is 44.6 Å². The van der Waals surface area contributed by atoms with Crippen molar-refractivity contribution in [2.45, 2.75) is 24.9 Å². The molecule has 0 spiro atoms. The standard InChI is InChI=1S/C21H20N4O4/c26-20(27)19(9-10-25-13-22-12-23-25)24-21(28)29-11-18-16-7-3-1-5-14(16)15-6-2-4-8-17(15)18/h1-8,12-13,18-19H,9-11H2,(H,24,28)(H,26,27). The fourth-order valence-corrected chi connectivity index (χ4v) is 3.65. The molecule has 0 bridgehead atoms. The number of hydrogen-bond acceptors (Lipinski definition) is 5. The van der Waals surface area contributed by atoms with Gasteiger partial charge in [-0.1, -0.05) is 48.5 Å². The number of aryl methyl sites for hydroxylation is 1. The lowest BCUT2D eigenvalue weighted by Crippen LogP contribution is -2.42. The first-order valence-corrected chi connectivity index (χ1v) is 9.30. The predicted octanol–water partition coefficient (Wildman–Crippen LogP) is 2.66. The summed E-state index contributed by atoms with van der Waals surface area (Å²) < 4.78 is 6.92. The first kappa shape index (κ1) is 18.7. The minimum Gasteiger partial charge on any atom is -0.480 e. The van der Waals surface area contributed by atoms with Crippen LogP contribution in [0.15, 0.2) is 61.2 Å². The summed E-state index contributed by atoms with van der Waals surface area (Å²) in [6, 6.07) is 15.0. The number of amides is 1. The number of benzene rings is 2. The maximum Gasteiger partial charge on any atom is 0.407 e. The monoisotopic (exact) mass is 392 g/mol. The van der Waals surface area contributed by atoms with E-state index in [9.17, 15) is 14.7 Å². The Hall–Kier alpha value is -3.68. The highest BCUT2D eigenvalue weighted by Crippen LogP contribution is 2.44. The van der Waals surface area contributed by atoms with E-state index in [0.29, 0.717) is 6.54 Å². The number of ether oxygens (including phenoxy) is 1. The Balaban J connectivity index is 1.39. The van der Waals surface area contributed by atoms with E-state index in [1.165, 1.54) is 17.3 Å². The molecule has 1 aliphatic carbocycles. The lowest BCUT2D eigenvalue weighted by molar-refractivity contribution is -0.139. The summed E-state index contributed by atoms with van der Waals surface area (Å²) in [6.07, 6.45) is 2.28. The van der Waals surface area contributed by atoms with Gasteiger partial charge in [0.05, 0.1) is 0 Å². The molecular formula is C21H20N4O4. The molecule has 29 heavy (non-hydrogen) atoms. The summed E-state index contributed by atoms with van der Waals surface area (Å²) >= 11 is 0. The summed E-state index contributed by atoms with van der Waals surface area (Å²) in [5.41, 5.74) is 4.46. The first-order valence-electron chi connectivity index (χ1n) is 9.30. The molecule has 0 saturated carbocycles. The van der Waals surface area contributed by atoms with Crippen molar-refractivity contribution >= 4 is 12.1 Å². The Labute approximate surface area is 167 Å². The number of aliphatic carboxylic acids is 1. The van der Waals surface area contributed by atoms with Gasteiger partial charge in [0.1, 0.15) is 25.3 Å². The molecule has 4 rings (SSSR count). The van der Waals surface area contributed by atoms with Crippen LogP contribution in [0.2, 0.25) is 0 Å². The lowest BCUT2D eigenvalue weighted by Gasteiger charge is -2.17. The molecule has 2 aromatic carbocycles. The third-order valence-corrected chi connectivity index (χ3v) is 5.05. The second-order valence-electron chi connectivity index (χ2n) is 6.81. The second kappa shape index (κ2) is 8.14. The summed E-state index contributed by atoms with van der Waals surface area (Å²) in [5, 5.41) is 15.7. The summed E-state index contributed by atoms with van der Waals surface area (Å²) in [7, 11) is 0. The molecule has 0 fully saturated rings. The Morgan fingerprint density at radius 1 is 1.10 bits per heavy atom. The third-order valence-electron chi connectivity index (χ3n) is 5.05. The van der Waals surface area contributed by atoms with E-state index in [0.717, 1.165) is 22.3 Å². The average Bonchev–Trinajstić information content (AvgIpc) is 3.35. The van der Waals surface area contributed by atoms with E-state index in [1.807, 2.05) is 36.4 Å². The molecule has 0 aliphatic heterocycles. The van der Waals surface area contributed by atoms with Crippen molar-refractivity contribution in [1.29, 1.82) is 0 Å². The maximum absolute atomic E-state index is 12.3. The van der Waals surface area contributed by atoms with Crippen molar-refractivity contribution < 1.29 is 19.4 Å². The molecule has 8 heteroatoms. The number of carbonyl (C=O) groups is 2. The molecular weight excluding hydrogens is 372 g/mol. The van der Waals surface area contributed by atoms with Gasteiger partial charge in [-0.2, -0.15) is 5.10 Å². The number of hydrogen-bond donors (Lipinski definition) is 2. The van der Waals surface area contributed by atoms with Gasteiger partial charge in [0.15, 0.2) is 0 Å². The van der Waals surface area contributed by atoms with Gasteiger partial charge < -0.3 is 15.2 Å².